The van der Waals surface area contributed by atoms with Crippen molar-refractivity contribution in [3.63, 3.8) is 0 Å². The molecule has 14 aromatic rings. The lowest BCUT2D eigenvalue weighted by atomic mass is 9.81. The molecule has 7 aromatic carbocycles. The van der Waals surface area contributed by atoms with E-state index in [2.05, 4.69) is 362 Å². The first-order chi connectivity index (χ1) is 53.3. The lowest BCUT2D eigenvalue weighted by Gasteiger charge is -2.22. The summed E-state index contributed by atoms with van der Waals surface area (Å²) in [5.74, 6) is 0. The Hall–Kier alpha value is -11.4. The third-order valence-electron chi connectivity index (χ3n) is 25.6. The van der Waals surface area contributed by atoms with Crippen LogP contribution in [0.25, 0.3) is 77.9 Å². The highest BCUT2D eigenvalue weighted by Crippen LogP contribution is 2.55. The van der Waals surface area contributed by atoms with Gasteiger partial charge in [-0.25, -0.2) is 0 Å². The summed E-state index contributed by atoms with van der Waals surface area (Å²) in [5, 5.41) is 0. The number of pyridine rings is 7. The average molecular weight is 1470 g/mol. The van der Waals surface area contributed by atoms with Crippen molar-refractivity contribution in [2.45, 2.75) is 183 Å². The van der Waals surface area contributed by atoms with Crippen LogP contribution >= 0.6 is 0 Å². The number of rotatable bonds is 0. The summed E-state index contributed by atoms with van der Waals surface area (Å²) in [6, 6.07) is 65.4. The van der Waals surface area contributed by atoms with E-state index in [4.69, 9.17) is 0 Å². The standard InChI is InChI=1S/7C15H15N/c1-10-4-5-13-11(8-10)12-9-16-7-6-14(12)15(13,2)3;1-10-4-5-11-12-9-16-7-6-13(12)15(2,3)14(11)8-10;1-10-5-4-6-13-14(10)11-9-16-8-7-12(11)15(13,2)3;1-10-5-4-6-11-12-9-16-8-7-13(12)15(2,3)14(10)11;1-10-8-16-9-12-11-6-4-5-7-13(11)15(2,3)14(10)12;1-10-8-14-12(9-16-10)11-6-4-5-7-13(11)15(14,2)3;1-10-14-11-6-4-5-7-12(11)15(2,3)13(14)8-9-16-10/h7*4-9H,1-3H3. The van der Waals surface area contributed by atoms with Crippen LogP contribution in [0.2, 0.25) is 0 Å². The van der Waals surface area contributed by atoms with E-state index in [1.165, 1.54) is 184 Å². The topological polar surface area (TPSA) is 90.2 Å². The predicted octanol–water partition coefficient (Wildman–Crippen LogP) is 25.9. The van der Waals surface area contributed by atoms with Gasteiger partial charge in [0.25, 0.3) is 0 Å². The maximum Gasteiger partial charge on any atom is 0.0454 e. The van der Waals surface area contributed by atoms with Gasteiger partial charge in [0.15, 0.2) is 0 Å². The fourth-order valence-corrected chi connectivity index (χ4v) is 19.8. The third-order valence-corrected chi connectivity index (χ3v) is 25.6. The summed E-state index contributed by atoms with van der Waals surface area (Å²) in [7, 11) is 0. The first-order valence-corrected chi connectivity index (χ1v) is 39.7. The molecule has 0 amide bonds. The van der Waals surface area contributed by atoms with Crippen LogP contribution in [-0.4, -0.2) is 34.9 Å². The summed E-state index contributed by atoms with van der Waals surface area (Å²) in [4.78, 5) is 30.2. The third kappa shape index (κ3) is 12.6. The van der Waals surface area contributed by atoms with E-state index in [-0.39, 0.29) is 37.9 Å². The molecular weight excluding hydrogens is 1360 g/mol. The predicted molar refractivity (Wildman–Crippen MR) is 466 cm³/mol. The molecule has 0 radical (unpaired) electrons. The first kappa shape index (κ1) is 76.0. The Labute approximate surface area is 665 Å². The molecule has 0 N–H and O–H groups in total. The molecule has 7 aromatic heterocycles. The zero-order valence-corrected chi connectivity index (χ0v) is 69.4. The Morgan fingerprint density at radius 1 is 0.205 bits per heavy atom. The second kappa shape index (κ2) is 28.4. The van der Waals surface area contributed by atoms with Crippen LogP contribution < -0.4 is 0 Å². The van der Waals surface area contributed by atoms with Gasteiger partial charge in [-0.2, -0.15) is 0 Å². The maximum absolute atomic E-state index is 4.42. The van der Waals surface area contributed by atoms with Crippen molar-refractivity contribution in [3.8, 4) is 77.9 Å². The van der Waals surface area contributed by atoms with E-state index in [9.17, 15) is 0 Å². The highest BCUT2D eigenvalue weighted by atomic mass is 14.7. The Morgan fingerprint density at radius 3 is 1.20 bits per heavy atom. The molecule has 7 aliphatic carbocycles. The summed E-state index contributed by atoms with van der Waals surface area (Å²) < 4.78 is 0. The van der Waals surface area contributed by atoms with Crippen molar-refractivity contribution < 1.29 is 0 Å². The largest absolute Gasteiger partial charge is 0.264 e. The van der Waals surface area contributed by atoms with Gasteiger partial charge in [-0.05, 0) is 218 Å². The minimum Gasteiger partial charge on any atom is -0.264 e. The van der Waals surface area contributed by atoms with Crippen molar-refractivity contribution in [1.82, 2.24) is 34.9 Å². The van der Waals surface area contributed by atoms with Crippen LogP contribution in [0.15, 0.2) is 256 Å². The van der Waals surface area contributed by atoms with Gasteiger partial charge in [-0.15, -0.1) is 0 Å². The average Bonchev–Trinajstić information content (AvgIpc) is 1.46. The van der Waals surface area contributed by atoms with Crippen LogP contribution in [0.1, 0.15) is 214 Å². The Balaban J connectivity index is 0.000000103. The smallest absolute Gasteiger partial charge is 0.0454 e. The summed E-state index contributed by atoms with van der Waals surface area (Å²) >= 11 is 0. The van der Waals surface area contributed by atoms with E-state index >= 15 is 0 Å². The molecule has 0 atom stereocenters. The van der Waals surface area contributed by atoms with Crippen molar-refractivity contribution >= 4 is 0 Å². The summed E-state index contributed by atoms with van der Waals surface area (Å²) in [6.45, 7) is 47.0. The van der Waals surface area contributed by atoms with E-state index in [1.807, 2.05) is 74.4 Å². The van der Waals surface area contributed by atoms with E-state index in [0.29, 0.717) is 0 Å². The van der Waals surface area contributed by atoms with E-state index in [0.717, 1.165) is 11.4 Å². The van der Waals surface area contributed by atoms with Gasteiger partial charge in [-0.3, -0.25) is 34.9 Å². The highest BCUT2D eigenvalue weighted by Gasteiger charge is 2.42. The second-order valence-corrected chi connectivity index (χ2v) is 35.4. The van der Waals surface area contributed by atoms with Crippen molar-refractivity contribution in [3.05, 3.63) is 373 Å². The molecule has 560 valence electrons. The number of aryl methyl sites for hydroxylation is 7. The van der Waals surface area contributed by atoms with Crippen LogP contribution in [0.3, 0.4) is 0 Å². The molecule has 7 heterocycles. The fraction of sp³-hybridized carbons (Fsp3) is 0.267. The van der Waals surface area contributed by atoms with Crippen molar-refractivity contribution in [2.75, 3.05) is 0 Å². The molecule has 7 nitrogen and oxygen atoms in total. The number of hydrogen-bond acceptors (Lipinski definition) is 7. The molecule has 0 fully saturated rings. The van der Waals surface area contributed by atoms with Gasteiger partial charge >= 0.3 is 0 Å². The number of benzene rings is 7. The first-order valence-electron chi connectivity index (χ1n) is 39.7. The number of nitrogens with zero attached hydrogens (tertiary/aromatic N) is 7. The van der Waals surface area contributed by atoms with Gasteiger partial charge < -0.3 is 0 Å². The molecule has 7 heteroatoms. The minimum atomic E-state index is 0.110. The molecule has 0 unspecified atom stereocenters. The zero-order chi connectivity index (χ0) is 79.4. The van der Waals surface area contributed by atoms with Crippen LogP contribution in [0.4, 0.5) is 0 Å². The molecule has 0 bridgehead atoms. The van der Waals surface area contributed by atoms with Crippen molar-refractivity contribution in [2.24, 2.45) is 0 Å². The zero-order valence-electron chi connectivity index (χ0n) is 69.4. The number of aromatic nitrogens is 7. The van der Waals surface area contributed by atoms with Crippen LogP contribution in [-0.2, 0) is 37.9 Å². The molecular formula is C105H105N7. The normalized spacial score (nSPS) is 15.7. The van der Waals surface area contributed by atoms with Gasteiger partial charge in [0.1, 0.15) is 0 Å². The van der Waals surface area contributed by atoms with Gasteiger partial charge in [-0.1, -0.05) is 254 Å². The molecule has 0 aliphatic heterocycles. The highest BCUT2D eigenvalue weighted by molar-refractivity contribution is 5.87. The molecule has 0 saturated heterocycles. The number of fused-ring (bicyclic) bond motifs is 21. The Bertz CT molecular complexity index is 5700. The lowest BCUT2D eigenvalue weighted by molar-refractivity contribution is 0.654. The van der Waals surface area contributed by atoms with Crippen LogP contribution in [0, 0.1) is 48.5 Å². The molecule has 112 heavy (non-hydrogen) atoms. The van der Waals surface area contributed by atoms with E-state index < -0.39 is 0 Å². The molecule has 21 rings (SSSR count). The SMILES string of the molecule is Cc1cc2c(cn1)-c1ccccc1C2(C)C.Cc1ccc2c(c1)-c1cnccc1C2(C)C.Cc1ccc2c(c1)C(C)(C)c1ccncc1-2.Cc1cccc2c1-c1cnccc1C2(C)C.Cc1cccc2c1C(C)(C)c1ccncc1-2.Cc1cncc2c1C(C)(C)c1ccccc1-2.Cc1nccc2c1-c1ccccc1C2(C)C. The Morgan fingerprint density at radius 2 is 0.580 bits per heavy atom. The molecule has 0 saturated carbocycles. The molecule has 0 spiro atoms. The lowest BCUT2D eigenvalue weighted by Crippen LogP contribution is -2.16. The Kier molecular flexibility index (Phi) is 19.3. The quantitative estimate of drug-likeness (QED) is 0.149. The second-order valence-electron chi connectivity index (χ2n) is 35.4. The van der Waals surface area contributed by atoms with Crippen molar-refractivity contribution in [1.29, 1.82) is 0 Å². The van der Waals surface area contributed by atoms with Gasteiger partial charge in [0.2, 0.25) is 0 Å². The number of hydrogen-bond donors (Lipinski definition) is 0. The fourth-order valence-electron chi connectivity index (χ4n) is 19.8. The van der Waals surface area contributed by atoms with E-state index in [1.54, 1.807) is 0 Å². The monoisotopic (exact) mass is 1460 g/mol. The minimum absolute atomic E-state index is 0.110. The van der Waals surface area contributed by atoms with Gasteiger partial charge in [0, 0.05) is 163 Å². The van der Waals surface area contributed by atoms with Crippen LogP contribution in [0.5, 0.6) is 0 Å². The summed E-state index contributed by atoms with van der Waals surface area (Å²) in [5.41, 5.74) is 48.1. The summed E-state index contributed by atoms with van der Waals surface area (Å²) in [6.07, 6.45) is 23.4. The molecule has 7 aliphatic rings. The van der Waals surface area contributed by atoms with Gasteiger partial charge in [0.05, 0.1) is 0 Å². The maximum atomic E-state index is 4.42.